The van der Waals surface area contributed by atoms with Gasteiger partial charge in [-0.2, -0.15) is 0 Å². The van der Waals surface area contributed by atoms with Crippen LogP contribution in [0.25, 0.3) is 0 Å². The maximum atomic E-state index is 12.3. The predicted octanol–water partition coefficient (Wildman–Crippen LogP) is 3.41. The number of rotatable bonds is 6. The summed E-state index contributed by atoms with van der Waals surface area (Å²) in [4.78, 5) is 2.66. The van der Waals surface area contributed by atoms with Crippen molar-refractivity contribution in [3.8, 4) is 0 Å². The normalized spacial score (nSPS) is 15.7. The molecule has 0 atom stereocenters. The van der Waals surface area contributed by atoms with Crippen LogP contribution in [0.1, 0.15) is 24.0 Å². The van der Waals surface area contributed by atoms with Gasteiger partial charge in [0.1, 0.15) is 0 Å². The molecule has 1 saturated heterocycles. The molecule has 1 fully saturated rings. The Balaban J connectivity index is 1.58. The first-order chi connectivity index (χ1) is 11.5. The second-order valence-electron chi connectivity index (χ2n) is 6.08. The van der Waals surface area contributed by atoms with Crippen molar-refractivity contribution >= 4 is 21.6 Å². The second-order valence-corrected chi connectivity index (χ2v) is 8.28. The molecule has 128 valence electrons. The first-order valence-electron chi connectivity index (χ1n) is 8.08. The fraction of sp³-hybridized carbons (Fsp3) is 0.333. The minimum absolute atomic E-state index is 0.220. The molecular formula is C18H21ClN2O2S. The first-order valence-corrected chi connectivity index (χ1v) is 9.94. The van der Waals surface area contributed by atoms with Crippen molar-refractivity contribution < 1.29 is 8.42 Å². The molecular weight excluding hydrogens is 344 g/mol. The van der Waals surface area contributed by atoms with Crippen LogP contribution in [0.2, 0.25) is 5.02 Å². The topological polar surface area (TPSA) is 49.4 Å². The Kier molecular flexibility index (Phi) is 5.56. The average molecular weight is 365 g/mol. The Bertz CT molecular complexity index is 768. The van der Waals surface area contributed by atoms with E-state index < -0.39 is 10.0 Å². The fourth-order valence-electron chi connectivity index (χ4n) is 2.84. The van der Waals surface area contributed by atoms with Crippen LogP contribution in [-0.2, 0) is 23.1 Å². The van der Waals surface area contributed by atoms with Crippen molar-refractivity contribution in [1.29, 1.82) is 0 Å². The van der Waals surface area contributed by atoms with E-state index in [1.54, 1.807) is 12.1 Å². The molecule has 0 aliphatic carbocycles. The van der Waals surface area contributed by atoms with Crippen molar-refractivity contribution in [1.82, 2.24) is 9.62 Å². The van der Waals surface area contributed by atoms with Crippen LogP contribution in [-0.4, -0.2) is 26.4 Å². The number of hydrogen-bond acceptors (Lipinski definition) is 3. The summed E-state index contributed by atoms with van der Waals surface area (Å²) in [5, 5.41) is 0.516. The van der Waals surface area contributed by atoms with Gasteiger partial charge in [0.05, 0.1) is 4.90 Å². The minimum Gasteiger partial charge on any atom is -0.299 e. The summed E-state index contributed by atoms with van der Waals surface area (Å²) < 4.78 is 27.1. The van der Waals surface area contributed by atoms with Crippen LogP contribution in [0.3, 0.4) is 0 Å². The highest BCUT2D eigenvalue weighted by Crippen LogP contribution is 2.15. The maximum Gasteiger partial charge on any atom is 0.240 e. The van der Waals surface area contributed by atoms with Gasteiger partial charge in [-0.05, 0) is 61.3 Å². The third-order valence-corrected chi connectivity index (χ3v) is 5.89. The van der Waals surface area contributed by atoms with Gasteiger partial charge in [-0.15, -0.1) is 0 Å². The van der Waals surface area contributed by atoms with E-state index in [-0.39, 0.29) is 11.4 Å². The van der Waals surface area contributed by atoms with Crippen molar-refractivity contribution in [3.63, 3.8) is 0 Å². The monoisotopic (exact) mass is 364 g/mol. The molecule has 0 radical (unpaired) electrons. The summed E-state index contributed by atoms with van der Waals surface area (Å²) in [6.45, 7) is 3.58. The molecule has 2 aromatic rings. The Hall–Kier alpha value is -1.40. The molecule has 0 bridgehead atoms. The van der Waals surface area contributed by atoms with E-state index in [9.17, 15) is 8.42 Å². The molecule has 1 aliphatic heterocycles. The third-order valence-electron chi connectivity index (χ3n) is 4.22. The molecule has 4 nitrogen and oxygen atoms in total. The van der Waals surface area contributed by atoms with Gasteiger partial charge in [-0.3, -0.25) is 4.90 Å². The quantitative estimate of drug-likeness (QED) is 0.854. The largest absolute Gasteiger partial charge is 0.299 e. The lowest BCUT2D eigenvalue weighted by Crippen LogP contribution is -2.23. The number of likely N-dealkylation sites (tertiary alicyclic amines) is 1. The zero-order valence-electron chi connectivity index (χ0n) is 13.4. The van der Waals surface area contributed by atoms with E-state index in [2.05, 4.69) is 21.8 Å². The molecule has 0 aromatic heterocycles. The van der Waals surface area contributed by atoms with E-state index in [4.69, 9.17) is 11.6 Å². The summed E-state index contributed by atoms with van der Waals surface area (Å²) >= 11 is 5.79. The molecule has 0 unspecified atom stereocenters. The van der Waals surface area contributed by atoms with Crippen molar-refractivity contribution in [2.24, 2.45) is 0 Å². The van der Waals surface area contributed by atoms with E-state index >= 15 is 0 Å². The zero-order chi connectivity index (χ0) is 17.0. The molecule has 1 heterocycles. The number of hydrogen-bond donors (Lipinski definition) is 1. The Labute approximate surface area is 148 Å². The van der Waals surface area contributed by atoms with Gasteiger partial charge in [-0.1, -0.05) is 35.9 Å². The number of halogens is 1. The smallest absolute Gasteiger partial charge is 0.240 e. The SMILES string of the molecule is O=S(=O)(NCc1ccc(CN2CCCC2)cc1)c1ccc(Cl)cc1. The second kappa shape index (κ2) is 7.66. The van der Waals surface area contributed by atoms with Crippen LogP contribution in [0.15, 0.2) is 53.4 Å². The van der Waals surface area contributed by atoms with Gasteiger partial charge in [0.25, 0.3) is 0 Å². The van der Waals surface area contributed by atoms with Crippen molar-refractivity contribution in [2.45, 2.75) is 30.8 Å². The van der Waals surface area contributed by atoms with Crippen LogP contribution < -0.4 is 4.72 Å². The maximum absolute atomic E-state index is 12.3. The molecule has 2 aromatic carbocycles. The van der Waals surface area contributed by atoms with Crippen LogP contribution in [0.4, 0.5) is 0 Å². The standard InChI is InChI=1S/C18H21ClN2O2S/c19-17-7-9-18(10-8-17)24(22,23)20-13-15-3-5-16(6-4-15)14-21-11-1-2-12-21/h3-10,20H,1-2,11-14H2. The predicted molar refractivity (Wildman–Crippen MR) is 96.4 cm³/mol. The molecule has 6 heteroatoms. The lowest BCUT2D eigenvalue weighted by Gasteiger charge is -2.14. The van der Waals surface area contributed by atoms with Crippen LogP contribution in [0.5, 0.6) is 0 Å². The highest BCUT2D eigenvalue weighted by atomic mass is 35.5. The molecule has 1 N–H and O–H groups in total. The summed E-state index contributed by atoms with van der Waals surface area (Å²) in [5.74, 6) is 0. The fourth-order valence-corrected chi connectivity index (χ4v) is 3.98. The van der Waals surface area contributed by atoms with Crippen LogP contribution >= 0.6 is 11.6 Å². The number of benzene rings is 2. The summed E-state index contributed by atoms with van der Waals surface area (Å²) in [6.07, 6.45) is 2.56. The van der Waals surface area contributed by atoms with Crippen LogP contribution in [0, 0.1) is 0 Å². The Morgan fingerprint density at radius 1 is 0.917 bits per heavy atom. The van der Waals surface area contributed by atoms with Crippen molar-refractivity contribution in [3.05, 3.63) is 64.7 Å². The molecule has 0 spiro atoms. The van der Waals surface area contributed by atoms with E-state index in [0.717, 1.165) is 12.1 Å². The molecule has 3 rings (SSSR count). The van der Waals surface area contributed by atoms with Gasteiger partial charge in [-0.25, -0.2) is 13.1 Å². The van der Waals surface area contributed by atoms with E-state index in [1.165, 1.54) is 43.6 Å². The Morgan fingerprint density at radius 2 is 1.50 bits per heavy atom. The van der Waals surface area contributed by atoms with Gasteiger partial charge < -0.3 is 0 Å². The highest BCUT2D eigenvalue weighted by Gasteiger charge is 2.14. The lowest BCUT2D eigenvalue weighted by atomic mass is 10.1. The third kappa shape index (κ3) is 4.57. The summed E-state index contributed by atoms with van der Waals surface area (Å²) in [5.41, 5.74) is 2.21. The number of sulfonamides is 1. The molecule has 1 aliphatic rings. The molecule has 0 saturated carbocycles. The number of nitrogens with zero attached hydrogens (tertiary/aromatic N) is 1. The van der Waals surface area contributed by atoms with E-state index in [0.29, 0.717) is 5.02 Å². The van der Waals surface area contributed by atoms with Gasteiger partial charge in [0.2, 0.25) is 10.0 Å². The van der Waals surface area contributed by atoms with Crippen molar-refractivity contribution in [2.75, 3.05) is 13.1 Å². The first kappa shape index (κ1) is 17.4. The number of nitrogens with one attached hydrogen (secondary N) is 1. The van der Waals surface area contributed by atoms with Gasteiger partial charge >= 0.3 is 0 Å². The highest BCUT2D eigenvalue weighted by molar-refractivity contribution is 7.89. The summed E-state index contributed by atoms with van der Waals surface area (Å²) in [7, 11) is -3.52. The minimum atomic E-state index is -3.52. The lowest BCUT2D eigenvalue weighted by molar-refractivity contribution is 0.331. The molecule has 0 amide bonds. The average Bonchev–Trinajstić information content (AvgIpc) is 3.08. The van der Waals surface area contributed by atoms with E-state index in [1.807, 2.05) is 12.1 Å². The summed E-state index contributed by atoms with van der Waals surface area (Å²) in [6, 6.07) is 14.3. The van der Waals surface area contributed by atoms with Gasteiger partial charge in [0.15, 0.2) is 0 Å². The Morgan fingerprint density at radius 3 is 2.12 bits per heavy atom. The van der Waals surface area contributed by atoms with Gasteiger partial charge in [0, 0.05) is 18.1 Å². The zero-order valence-corrected chi connectivity index (χ0v) is 15.0. The molecule has 24 heavy (non-hydrogen) atoms.